The van der Waals surface area contributed by atoms with E-state index in [2.05, 4.69) is 57.7 Å². The van der Waals surface area contributed by atoms with E-state index in [0.29, 0.717) is 6.04 Å². The molecule has 2 aromatic rings. The number of aromatic nitrogens is 2. The van der Waals surface area contributed by atoms with Gasteiger partial charge in [-0.1, -0.05) is 42.0 Å². The Morgan fingerprint density at radius 3 is 2.91 bits per heavy atom. The minimum absolute atomic E-state index is 0.510. The number of hydrogen-bond acceptors (Lipinski definition) is 4. The van der Waals surface area contributed by atoms with Gasteiger partial charge in [0.1, 0.15) is 0 Å². The molecular formula is C19H24N4. The lowest BCUT2D eigenvalue weighted by atomic mass is 10.1. The van der Waals surface area contributed by atoms with E-state index in [9.17, 15) is 0 Å². The second-order valence-corrected chi connectivity index (χ2v) is 6.10. The zero-order valence-electron chi connectivity index (χ0n) is 13.7. The van der Waals surface area contributed by atoms with E-state index in [0.717, 1.165) is 25.5 Å². The van der Waals surface area contributed by atoms with Crippen LogP contribution in [0.4, 0.5) is 5.82 Å². The standard InChI is InChI=1S/C19H24N4/c1-16(13-17-7-3-2-4-8-17)14-20-15-18-9-6-12-23(18)19-10-5-11-21-22-19/h2-5,7-8,10-11,13,18,20H,6,9,12,14-15H2,1H3/b16-13-/t18-/m0/s1. The largest absolute Gasteiger partial charge is 0.351 e. The van der Waals surface area contributed by atoms with Crippen LogP contribution in [0.15, 0.2) is 54.2 Å². The third-order valence-corrected chi connectivity index (χ3v) is 4.23. The average Bonchev–Trinajstić information content (AvgIpc) is 3.05. The van der Waals surface area contributed by atoms with Gasteiger partial charge in [-0.3, -0.25) is 0 Å². The SMILES string of the molecule is C/C(=C/c1ccccc1)CNC[C@@H]1CCCN1c1cccnn1. The number of hydrogen-bond donors (Lipinski definition) is 1. The maximum atomic E-state index is 4.25. The summed E-state index contributed by atoms with van der Waals surface area (Å²) in [6, 6.07) is 15.0. The van der Waals surface area contributed by atoms with E-state index < -0.39 is 0 Å². The van der Waals surface area contributed by atoms with Crippen molar-refractivity contribution in [2.24, 2.45) is 0 Å². The Hall–Kier alpha value is -2.20. The van der Waals surface area contributed by atoms with Crippen molar-refractivity contribution in [3.63, 3.8) is 0 Å². The number of nitrogens with one attached hydrogen (secondary N) is 1. The molecule has 1 aromatic carbocycles. The van der Waals surface area contributed by atoms with Gasteiger partial charge in [0.05, 0.1) is 0 Å². The Morgan fingerprint density at radius 1 is 1.26 bits per heavy atom. The van der Waals surface area contributed by atoms with Crippen molar-refractivity contribution in [2.45, 2.75) is 25.8 Å². The van der Waals surface area contributed by atoms with Crippen LogP contribution in [0.2, 0.25) is 0 Å². The molecule has 0 radical (unpaired) electrons. The molecule has 1 aliphatic heterocycles. The molecule has 0 unspecified atom stereocenters. The van der Waals surface area contributed by atoms with E-state index in [-0.39, 0.29) is 0 Å². The first-order chi connectivity index (χ1) is 11.3. The summed E-state index contributed by atoms with van der Waals surface area (Å²) in [5, 5.41) is 11.8. The van der Waals surface area contributed by atoms with Crippen LogP contribution in [-0.4, -0.2) is 35.9 Å². The highest BCUT2D eigenvalue weighted by Crippen LogP contribution is 2.22. The molecule has 4 heteroatoms. The van der Waals surface area contributed by atoms with E-state index >= 15 is 0 Å². The third-order valence-electron chi connectivity index (χ3n) is 4.23. The molecule has 0 aliphatic carbocycles. The molecular weight excluding hydrogens is 284 g/mol. The molecule has 0 spiro atoms. The normalized spacial score (nSPS) is 18.4. The lowest BCUT2D eigenvalue weighted by Gasteiger charge is -2.25. The highest BCUT2D eigenvalue weighted by molar-refractivity contribution is 5.52. The van der Waals surface area contributed by atoms with Crippen LogP contribution in [-0.2, 0) is 0 Å². The van der Waals surface area contributed by atoms with Crippen molar-refractivity contribution >= 4 is 11.9 Å². The molecule has 1 aliphatic rings. The second-order valence-electron chi connectivity index (χ2n) is 6.10. The zero-order chi connectivity index (χ0) is 15.9. The van der Waals surface area contributed by atoms with Gasteiger partial charge in [-0.25, -0.2) is 0 Å². The van der Waals surface area contributed by atoms with Crippen LogP contribution in [0, 0.1) is 0 Å². The molecule has 4 nitrogen and oxygen atoms in total. The maximum absolute atomic E-state index is 4.25. The molecule has 23 heavy (non-hydrogen) atoms. The first-order valence-electron chi connectivity index (χ1n) is 8.30. The molecule has 0 saturated carbocycles. The predicted octanol–water partition coefficient (Wildman–Crippen LogP) is 3.14. The van der Waals surface area contributed by atoms with Crippen molar-refractivity contribution in [1.82, 2.24) is 15.5 Å². The van der Waals surface area contributed by atoms with Crippen LogP contribution in [0.3, 0.4) is 0 Å². The summed E-state index contributed by atoms with van der Waals surface area (Å²) in [6.45, 7) is 5.15. The molecule has 0 amide bonds. The zero-order valence-corrected chi connectivity index (χ0v) is 13.7. The van der Waals surface area contributed by atoms with E-state index in [4.69, 9.17) is 0 Å². The van der Waals surface area contributed by atoms with Gasteiger partial charge < -0.3 is 10.2 Å². The molecule has 2 heterocycles. The van der Waals surface area contributed by atoms with Crippen LogP contribution in [0.1, 0.15) is 25.3 Å². The predicted molar refractivity (Wildman–Crippen MR) is 95.4 cm³/mol. The lowest BCUT2D eigenvalue weighted by molar-refractivity contribution is 0.588. The first-order valence-corrected chi connectivity index (χ1v) is 8.30. The van der Waals surface area contributed by atoms with Crippen molar-refractivity contribution in [3.8, 4) is 0 Å². The molecule has 1 aromatic heterocycles. The Bertz CT molecular complexity index is 624. The highest BCUT2D eigenvalue weighted by Gasteiger charge is 2.25. The van der Waals surface area contributed by atoms with Crippen LogP contribution < -0.4 is 10.2 Å². The molecule has 120 valence electrons. The monoisotopic (exact) mass is 308 g/mol. The van der Waals surface area contributed by atoms with Gasteiger partial charge >= 0.3 is 0 Å². The fraction of sp³-hybridized carbons (Fsp3) is 0.368. The van der Waals surface area contributed by atoms with Gasteiger partial charge in [-0.05, 0) is 37.5 Å². The van der Waals surface area contributed by atoms with Crippen molar-refractivity contribution < 1.29 is 0 Å². The Labute approximate surface area is 138 Å². The fourth-order valence-corrected chi connectivity index (χ4v) is 3.12. The van der Waals surface area contributed by atoms with Crippen molar-refractivity contribution in [1.29, 1.82) is 0 Å². The molecule has 1 N–H and O–H groups in total. The van der Waals surface area contributed by atoms with Crippen molar-refractivity contribution in [3.05, 3.63) is 59.8 Å². The van der Waals surface area contributed by atoms with Crippen LogP contribution >= 0.6 is 0 Å². The maximum Gasteiger partial charge on any atom is 0.151 e. The van der Waals surface area contributed by atoms with E-state index in [1.165, 1.54) is 24.0 Å². The van der Waals surface area contributed by atoms with Crippen LogP contribution in [0.25, 0.3) is 6.08 Å². The number of anilines is 1. The van der Waals surface area contributed by atoms with Gasteiger partial charge in [0.15, 0.2) is 5.82 Å². The van der Waals surface area contributed by atoms with Crippen molar-refractivity contribution in [2.75, 3.05) is 24.5 Å². The average molecular weight is 308 g/mol. The quantitative estimate of drug-likeness (QED) is 0.890. The number of nitrogens with zero attached hydrogens (tertiary/aromatic N) is 3. The molecule has 3 rings (SSSR count). The number of rotatable bonds is 6. The summed E-state index contributed by atoms with van der Waals surface area (Å²) in [5.74, 6) is 0.994. The molecule has 1 saturated heterocycles. The summed E-state index contributed by atoms with van der Waals surface area (Å²) < 4.78 is 0. The Morgan fingerprint density at radius 2 is 2.13 bits per heavy atom. The minimum Gasteiger partial charge on any atom is -0.351 e. The first kappa shape index (κ1) is 15.7. The number of benzene rings is 1. The highest BCUT2D eigenvalue weighted by atomic mass is 15.3. The van der Waals surface area contributed by atoms with Gasteiger partial charge in [-0.2, -0.15) is 5.10 Å². The van der Waals surface area contributed by atoms with Gasteiger partial charge in [0.25, 0.3) is 0 Å². The Kier molecular flexibility index (Phi) is 5.37. The summed E-state index contributed by atoms with van der Waals surface area (Å²) in [7, 11) is 0. The minimum atomic E-state index is 0.510. The topological polar surface area (TPSA) is 41.0 Å². The molecule has 1 atom stereocenters. The molecule has 1 fully saturated rings. The molecule has 0 bridgehead atoms. The summed E-state index contributed by atoms with van der Waals surface area (Å²) in [5.41, 5.74) is 2.61. The Balaban J connectivity index is 1.51. The smallest absolute Gasteiger partial charge is 0.151 e. The van der Waals surface area contributed by atoms with Gasteiger partial charge in [0, 0.05) is 31.9 Å². The third kappa shape index (κ3) is 4.39. The second kappa shape index (κ2) is 7.88. The van der Waals surface area contributed by atoms with E-state index in [1.54, 1.807) is 6.20 Å². The lowest BCUT2D eigenvalue weighted by Crippen LogP contribution is -2.39. The summed E-state index contributed by atoms with van der Waals surface area (Å²) >= 11 is 0. The fourth-order valence-electron chi connectivity index (χ4n) is 3.12. The van der Waals surface area contributed by atoms with Gasteiger partial charge in [-0.15, -0.1) is 5.10 Å². The van der Waals surface area contributed by atoms with Crippen LogP contribution in [0.5, 0.6) is 0 Å². The summed E-state index contributed by atoms with van der Waals surface area (Å²) in [6.07, 6.45) is 6.40. The van der Waals surface area contributed by atoms with E-state index in [1.807, 2.05) is 18.2 Å². The van der Waals surface area contributed by atoms with Gasteiger partial charge in [0.2, 0.25) is 0 Å². The summed E-state index contributed by atoms with van der Waals surface area (Å²) in [4.78, 5) is 2.37.